The van der Waals surface area contributed by atoms with Gasteiger partial charge in [-0.1, -0.05) is 18.2 Å². The predicted molar refractivity (Wildman–Crippen MR) is 73.0 cm³/mol. The van der Waals surface area contributed by atoms with Gasteiger partial charge in [0.15, 0.2) is 0 Å². The van der Waals surface area contributed by atoms with Crippen molar-refractivity contribution in [1.29, 1.82) is 0 Å². The summed E-state index contributed by atoms with van der Waals surface area (Å²) in [4.78, 5) is 24.2. The first-order chi connectivity index (χ1) is 9.00. The van der Waals surface area contributed by atoms with E-state index in [0.29, 0.717) is 6.61 Å². The molecule has 0 aliphatic heterocycles. The largest absolute Gasteiger partial charge is 0.493 e. The molecule has 2 amide bonds. The molecular weight excluding hydrogens is 244 g/mol. The number of carbonyl (C=O) groups is 2. The summed E-state index contributed by atoms with van der Waals surface area (Å²) in [6.07, 6.45) is 0.231. The van der Waals surface area contributed by atoms with Gasteiger partial charge in [-0.25, -0.2) is 0 Å². The van der Waals surface area contributed by atoms with Crippen LogP contribution in [0.3, 0.4) is 0 Å². The Hall–Kier alpha value is -2.04. The van der Waals surface area contributed by atoms with E-state index >= 15 is 0 Å². The molecule has 5 nitrogen and oxygen atoms in total. The molecule has 0 unspecified atom stereocenters. The van der Waals surface area contributed by atoms with Gasteiger partial charge >= 0.3 is 0 Å². The summed E-state index contributed by atoms with van der Waals surface area (Å²) in [5.41, 5.74) is 1.03. The van der Waals surface area contributed by atoms with Crippen molar-refractivity contribution < 1.29 is 14.3 Å². The number of hydrogen-bond donors (Lipinski definition) is 1. The lowest BCUT2D eigenvalue weighted by atomic mass is 10.2. The average Bonchev–Trinajstić information content (AvgIpc) is 2.38. The number of nitrogens with zero attached hydrogens (tertiary/aromatic N) is 1. The molecule has 0 saturated carbocycles. The third-order valence-electron chi connectivity index (χ3n) is 2.62. The minimum Gasteiger partial charge on any atom is -0.493 e. The summed E-state index contributed by atoms with van der Waals surface area (Å²) in [6.45, 7) is 2.27. The van der Waals surface area contributed by atoms with Crippen LogP contribution in [0.5, 0.6) is 5.75 Å². The van der Waals surface area contributed by atoms with Crippen LogP contribution in [0.25, 0.3) is 0 Å². The Morgan fingerprint density at radius 1 is 1.26 bits per heavy atom. The molecule has 1 rings (SSSR count). The first-order valence-corrected chi connectivity index (χ1v) is 6.16. The Morgan fingerprint density at radius 2 is 1.95 bits per heavy atom. The summed E-state index contributed by atoms with van der Waals surface area (Å²) < 4.78 is 5.51. The van der Waals surface area contributed by atoms with E-state index in [4.69, 9.17) is 4.74 Å². The van der Waals surface area contributed by atoms with E-state index in [1.54, 1.807) is 14.1 Å². The molecule has 0 spiro atoms. The summed E-state index contributed by atoms with van der Waals surface area (Å²) in [5, 5.41) is 2.55. The summed E-state index contributed by atoms with van der Waals surface area (Å²) >= 11 is 0. The van der Waals surface area contributed by atoms with Gasteiger partial charge in [-0.3, -0.25) is 9.59 Å². The zero-order valence-corrected chi connectivity index (χ0v) is 11.6. The zero-order chi connectivity index (χ0) is 14.3. The molecule has 0 saturated heterocycles. The number of carbonyl (C=O) groups excluding carboxylic acids is 2. The second-order valence-corrected chi connectivity index (χ2v) is 4.43. The van der Waals surface area contributed by atoms with E-state index < -0.39 is 0 Å². The van der Waals surface area contributed by atoms with Gasteiger partial charge in [-0.2, -0.15) is 0 Å². The Kier molecular flexibility index (Phi) is 5.85. The fourth-order valence-corrected chi connectivity index (χ4v) is 1.39. The fourth-order valence-electron chi connectivity index (χ4n) is 1.39. The second-order valence-electron chi connectivity index (χ2n) is 4.43. The maximum absolute atomic E-state index is 11.5. The van der Waals surface area contributed by atoms with Gasteiger partial charge in [-0.05, 0) is 18.6 Å². The second kappa shape index (κ2) is 7.41. The summed E-state index contributed by atoms with van der Waals surface area (Å²) in [6, 6.07) is 7.63. The van der Waals surface area contributed by atoms with Gasteiger partial charge in [0, 0.05) is 14.1 Å². The molecule has 19 heavy (non-hydrogen) atoms. The van der Waals surface area contributed by atoms with Gasteiger partial charge in [-0.15, -0.1) is 0 Å². The average molecular weight is 264 g/mol. The molecule has 0 atom stereocenters. The highest BCUT2D eigenvalue weighted by molar-refractivity contribution is 5.84. The van der Waals surface area contributed by atoms with Gasteiger partial charge in [0.05, 0.1) is 19.6 Å². The van der Waals surface area contributed by atoms with Crippen LogP contribution in [-0.4, -0.2) is 44.0 Å². The summed E-state index contributed by atoms with van der Waals surface area (Å²) in [7, 11) is 3.30. The lowest BCUT2D eigenvalue weighted by molar-refractivity contribution is -0.131. The molecule has 1 aromatic rings. The molecule has 1 aromatic carbocycles. The Morgan fingerprint density at radius 3 is 2.58 bits per heavy atom. The minimum atomic E-state index is -0.191. The number of benzene rings is 1. The van der Waals surface area contributed by atoms with E-state index in [1.165, 1.54) is 4.90 Å². The molecule has 0 bridgehead atoms. The standard InChI is InChI=1S/C14H20N2O3/c1-11-6-4-5-7-12(11)19-9-8-13(17)15-10-14(18)16(2)3/h4-7H,8-10H2,1-3H3,(H,15,17). The number of aryl methyl sites for hydroxylation is 1. The third-order valence-corrected chi connectivity index (χ3v) is 2.62. The van der Waals surface area contributed by atoms with E-state index in [-0.39, 0.29) is 24.8 Å². The van der Waals surface area contributed by atoms with Crippen molar-refractivity contribution in [2.45, 2.75) is 13.3 Å². The number of amides is 2. The van der Waals surface area contributed by atoms with Crippen LogP contribution >= 0.6 is 0 Å². The number of likely N-dealkylation sites (N-methyl/N-ethyl adjacent to an activating group) is 1. The third kappa shape index (κ3) is 5.42. The minimum absolute atomic E-state index is 0.0240. The Bertz CT molecular complexity index is 444. The molecule has 0 aromatic heterocycles. The Balaban J connectivity index is 2.24. The molecule has 0 aliphatic carbocycles. The molecule has 0 radical (unpaired) electrons. The maximum atomic E-state index is 11.5. The molecule has 104 valence electrons. The predicted octanol–water partition coefficient (Wildman–Crippen LogP) is 0.968. The number of rotatable bonds is 6. The van der Waals surface area contributed by atoms with Gasteiger partial charge in [0.1, 0.15) is 5.75 Å². The van der Waals surface area contributed by atoms with E-state index in [2.05, 4.69) is 5.32 Å². The highest BCUT2D eigenvalue weighted by atomic mass is 16.5. The van der Waals surface area contributed by atoms with Crippen LogP contribution in [-0.2, 0) is 9.59 Å². The van der Waals surface area contributed by atoms with E-state index in [0.717, 1.165) is 11.3 Å². The lowest BCUT2D eigenvalue weighted by Gasteiger charge is -2.11. The molecular formula is C14H20N2O3. The number of ether oxygens (including phenoxy) is 1. The van der Waals surface area contributed by atoms with Crippen molar-refractivity contribution in [2.75, 3.05) is 27.2 Å². The molecule has 0 fully saturated rings. The quantitative estimate of drug-likeness (QED) is 0.833. The molecule has 0 aliphatic rings. The number of para-hydroxylation sites is 1. The van der Waals surface area contributed by atoms with Crippen molar-refractivity contribution in [3.05, 3.63) is 29.8 Å². The highest BCUT2D eigenvalue weighted by Gasteiger charge is 2.07. The topological polar surface area (TPSA) is 58.6 Å². The Labute approximate surface area is 113 Å². The number of hydrogen-bond acceptors (Lipinski definition) is 3. The van der Waals surface area contributed by atoms with Crippen molar-refractivity contribution >= 4 is 11.8 Å². The zero-order valence-electron chi connectivity index (χ0n) is 11.6. The van der Waals surface area contributed by atoms with Crippen molar-refractivity contribution in [2.24, 2.45) is 0 Å². The van der Waals surface area contributed by atoms with Crippen LogP contribution in [0.15, 0.2) is 24.3 Å². The maximum Gasteiger partial charge on any atom is 0.241 e. The smallest absolute Gasteiger partial charge is 0.241 e. The van der Waals surface area contributed by atoms with Crippen molar-refractivity contribution in [1.82, 2.24) is 10.2 Å². The van der Waals surface area contributed by atoms with Crippen LogP contribution in [0.2, 0.25) is 0 Å². The van der Waals surface area contributed by atoms with Gasteiger partial charge < -0.3 is 15.0 Å². The molecule has 5 heteroatoms. The van der Waals surface area contributed by atoms with Crippen molar-refractivity contribution in [3.8, 4) is 5.75 Å². The van der Waals surface area contributed by atoms with Gasteiger partial charge in [0.2, 0.25) is 11.8 Å². The van der Waals surface area contributed by atoms with Crippen molar-refractivity contribution in [3.63, 3.8) is 0 Å². The van der Waals surface area contributed by atoms with Crippen LogP contribution in [0.1, 0.15) is 12.0 Å². The molecule has 0 heterocycles. The first-order valence-electron chi connectivity index (χ1n) is 6.16. The fraction of sp³-hybridized carbons (Fsp3) is 0.429. The monoisotopic (exact) mass is 264 g/mol. The van der Waals surface area contributed by atoms with Gasteiger partial charge in [0.25, 0.3) is 0 Å². The lowest BCUT2D eigenvalue weighted by Crippen LogP contribution is -2.36. The van der Waals surface area contributed by atoms with E-state index in [9.17, 15) is 9.59 Å². The van der Waals surface area contributed by atoms with Crippen LogP contribution < -0.4 is 10.1 Å². The first kappa shape index (κ1) is 15.0. The van der Waals surface area contributed by atoms with E-state index in [1.807, 2.05) is 31.2 Å². The van der Waals surface area contributed by atoms with Crippen LogP contribution in [0.4, 0.5) is 0 Å². The van der Waals surface area contributed by atoms with Crippen LogP contribution in [0, 0.1) is 6.92 Å². The normalized spacial score (nSPS) is 9.84. The highest BCUT2D eigenvalue weighted by Crippen LogP contribution is 2.15. The number of nitrogens with one attached hydrogen (secondary N) is 1. The SMILES string of the molecule is Cc1ccccc1OCCC(=O)NCC(=O)N(C)C. The molecule has 1 N–H and O–H groups in total. The summed E-state index contributed by atoms with van der Waals surface area (Å²) in [5.74, 6) is 0.455.